The van der Waals surface area contributed by atoms with Crippen LogP contribution in [0.25, 0.3) is 0 Å². The summed E-state index contributed by atoms with van der Waals surface area (Å²) in [6, 6.07) is 5.85. The lowest BCUT2D eigenvalue weighted by molar-refractivity contribution is -0.140. The molecule has 1 heterocycles. The molecule has 3 rings (SSSR count). The first-order valence-corrected chi connectivity index (χ1v) is 11.6. The quantitative estimate of drug-likeness (QED) is 0.643. The second-order valence-electron chi connectivity index (χ2n) is 8.26. The molecule has 0 aliphatic carbocycles. The first kappa shape index (κ1) is 25.0. The van der Waals surface area contributed by atoms with Gasteiger partial charge in [-0.15, -0.1) is 0 Å². The van der Waals surface area contributed by atoms with E-state index in [4.69, 9.17) is 5.11 Å². The second kappa shape index (κ2) is 8.94. The molecule has 1 saturated heterocycles. The molecule has 1 fully saturated rings. The number of piperazine rings is 1. The maximum Gasteiger partial charge on any atom is 0.419 e. The maximum atomic E-state index is 14.0. The molecule has 2 aromatic carbocycles. The topological polar surface area (TPSA) is 77.9 Å². The SMILES string of the molecule is Cc1ccc(S(=O)(=O)N2C(C)CN(c3ccc(C(F)(F)F)c(F)c3)CC2C)cc1CC(=O)O. The smallest absolute Gasteiger partial charge is 0.419 e. The average Bonchev–Trinajstić information content (AvgIpc) is 2.67. The minimum Gasteiger partial charge on any atom is -0.481 e. The summed E-state index contributed by atoms with van der Waals surface area (Å²) in [6.07, 6.45) is -5.11. The van der Waals surface area contributed by atoms with Crippen molar-refractivity contribution in [2.24, 2.45) is 0 Å². The number of carbonyl (C=O) groups is 1. The first-order chi connectivity index (χ1) is 15.2. The van der Waals surface area contributed by atoms with Crippen molar-refractivity contribution in [2.75, 3.05) is 18.0 Å². The highest BCUT2D eigenvalue weighted by Crippen LogP contribution is 2.34. The molecular weight excluding hydrogens is 464 g/mol. The lowest BCUT2D eigenvalue weighted by Crippen LogP contribution is -2.58. The summed E-state index contributed by atoms with van der Waals surface area (Å²) in [5, 5.41) is 9.08. The van der Waals surface area contributed by atoms with Gasteiger partial charge in [0.05, 0.1) is 16.9 Å². The molecule has 11 heteroatoms. The molecule has 0 radical (unpaired) electrons. The van der Waals surface area contributed by atoms with Crippen molar-refractivity contribution in [3.05, 3.63) is 58.9 Å². The van der Waals surface area contributed by atoms with Crippen molar-refractivity contribution < 1.29 is 35.9 Å². The fraction of sp³-hybridized carbons (Fsp3) is 0.409. The van der Waals surface area contributed by atoms with Crippen molar-refractivity contribution in [2.45, 2.75) is 50.3 Å². The van der Waals surface area contributed by atoms with E-state index in [1.54, 1.807) is 31.7 Å². The molecule has 1 aliphatic rings. The highest BCUT2D eigenvalue weighted by atomic mass is 32.2. The van der Waals surface area contributed by atoms with E-state index in [9.17, 15) is 30.8 Å². The van der Waals surface area contributed by atoms with E-state index in [-0.39, 0.29) is 30.1 Å². The van der Waals surface area contributed by atoms with Gasteiger partial charge in [-0.1, -0.05) is 6.07 Å². The number of nitrogens with zero attached hydrogens (tertiary/aromatic N) is 2. The Balaban J connectivity index is 1.87. The van der Waals surface area contributed by atoms with E-state index < -0.39 is 45.6 Å². The largest absolute Gasteiger partial charge is 0.481 e. The number of aliphatic carboxylic acids is 1. The van der Waals surface area contributed by atoms with Gasteiger partial charge in [0.2, 0.25) is 10.0 Å². The third-order valence-electron chi connectivity index (χ3n) is 5.70. The number of aryl methyl sites for hydroxylation is 1. The van der Waals surface area contributed by atoms with Crippen molar-refractivity contribution in [3.8, 4) is 0 Å². The Morgan fingerprint density at radius 1 is 1.09 bits per heavy atom. The van der Waals surface area contributed by atoms with Gasteiger partial charge < -0.3 is 10.0 Å². The monoisotopic (exact) mass is 488 g/mol. The van der Waals surface area contributed by atoms with Crippen LogP contribution in [0.5, 0.6) is 0 Å². The summed E-state index contributed by atoms with van der Waals surface area (Å²) < 4.78 is 80.7. The Labute approximate surface area is 189 Å². The van der Waals surface area contributed by atoms with E-state index in [0.29, 0.717) is 17.2 Å². The highest BCUT2D eigenvalue weighted by Gasteiger charge is 2.39. The number of hydrogen-bond acceptors (Lipinski definition) is 4. The van der Waals surface area contributed by atoms with Crippen molar-refractivity contribution in [3.63, 3.8) is 0 Å². The van der Waals surface area contributed by atoms with Gasteiger partial charge in [0.1, 0.15) is 5.82 Å². The summed E-state index contributed by atoms with van der Waals surface area (Å²) in [6.45, 7) is 5.30. The van der Waals surface area contributed by atoms with E-state index >= 15 is 0 Å². The number of rotatable bonds is 5. The van der Waals surface area contributed by atoms with Gasteiger partial charge in [0.25, 0.3) is 0 Å². The maximum absolute atomic E-state index is 14.0. The van der Waals surface area contributed by atoms with Gasteiger partial charge in [0, 0.05) is 30.9 Å². The molecule has 6 nitrogen and oxygen atoms in total. The Hall–Kier alpha value is -2.66. The van der Waals surface area contributed by atoms with Crippen LogP contribution in [-0.2, 0) is 27.4 Å². The fourth-order valence-electron chi connectivity index (χ4n) is 4.21. The van der Waals surface area contributed by atoms with E-state index in [2.05, 4.69) is 0 Å². The molecule has 33 heavy (non-hydrogen) atoms. The molecule has 0 spiro atoms. The number of carboxylic acids is 1. The first-order valence-electron chi connectivity index (χ1n) is 10.2. The molecule has 0 saturated carbocycles. The number of halogens is 4. The number of anilines is 1. The van der Waals surface area contributed by atoms with Gasteiger partial charge >= 0.3 is 12.1 Å². The fourth-order valence-corrected chi connectivity index (χ4v) is 6.06. The van der Waals surface area contributed by atoms with E-state index in [1.165, 1.54) is 22.5 Å². The van der Waals surface area contributed by atoms with Crippen LogP contribution in [-0.4, -0.2) is 49.0 Å². The molecule has 180 valence electrons. The third-order valence-corrected chi connectivity index (χ3v) is 7.82. The number of benzene rings is 2. The molecular formula is C22H24F4N2O4S. The summed E-state index contributed by atoms with van der Waals surface area (Å²) in [5.41, 5.74) is -0.0743. The molecule has 0 amide bonds. The minimum atomic E-state index is -4.80. The zero-order valence-electron chi connectivity index (χ0n) is 18.2. The summed E-state index contributed by atoms with van der Waals surface area (Å²) >= 11 is 0. The molecule has 2 aromatic rings. The third kappa shape index (κ3) is 5.14. The van der Waals surface area contributed by atoms with E-state index in [0.717, 1.165) is 6.07 Å². The molecule has 1 N–H and O–H groups in total. The van der Waals surface area contributed by atoms with Crippen LogP contribution < -0.4 is 4.90 Å². The standard InChI is InChI=1S/C22H24F4N2O4S/c1-13-4-6-18(8-16(13)9-21(29)30)33(31,32)28-14(2)11-27(12-15(28)3)17-5-7-19(20(23)10-17)22(24,25)26/h4-8,10,14-15H,9,11-12H2,1-3H3,(H,29,30). The van der Waals surface area contributed by atoms with Gasteiger partial charge in [-0.3, -0.25) is 4.79 Å². The molecule has 2 unspecified atom stereocenters. The van der Waals surface area contributed by atoms with Gasteiger partial charge in [-0.25, -0.2) is 12.8 Å². The predicted octanol–water partition coefficient (Wildman–Crippen LogP) is 4.07. The highest BCUT2D eigenvalue weighted by molar-refractivity contribution is 7.89. The van der Waals surface area contributed by atoms with Crippen LogP contribution in [0.15, 0.2) is 41.3 Å². The second-order valence-corrected chi connectivity index (χ2v) is 10.1. The van der Waals surface area contributed by atoms with E-state index in [1.807, 2.05) is 0 Å². The Bertz CT molecular complexity index is 1160. The van der Waals surface area contributed by atoms with Gasteiger partial charge in [-0.2, -0.15) is 17.5 Å². The molecule has 2 atom stereocenters. The number of carboxylic acid groups (broad SMARTS) is 1. The van der Waals surface area contributed by atoms with Crippen LogP contribution in [0.2, 0.25) is 0 Å². The van der Waals surface area contributed by atoms with Crippen molar-refractivity contribution in [1.82, 2.24) is 4.31 Å². The number of alkyl halides is 3. The lowest BCUT2D eigenvalue weighted by Gasteiger charge is -2.44. The van der Waals surface area contributed by atoms with Gasteiger partial charge in [-0.05, 0) is 62.2 Å². The molecule has 0 aromatic heterocycles. The predicted molar refractivity (Wildman–Crippen MR) is 114 cm³/mol. The lowest BCUT2D eigenvalue weighted by atomic mass is 10.1. The zero-order chi connectivity index (χ0) is 24.7. The Morgan fingerprint density at radius 2 is 1.70 bits per heavy atom. The van der Waals surface area contributed by atoms with Crippen LogP contribution in [0, 0.1) is 12.7 Å². The zero-order valence-corrected chi connectivity index (χ0v) is 19.0. The van der Waals surface area contributed by atoms with Crippen LogP contribution in [0.1, 0.15) is 30.5 Å². The van der Waals surface area contributed by atoms with Crippen molar-refractivity contribution in [1.29, 1.82) is 0 Å². The summed E-state index contributed by atoms with van der Waals surface area (Å²) in [5.74, 6) is -2.47. The minimum absolute atomic E-state index is 0.0305. The Kier molecular flexibility index (Phi) is 6.77. The molecule has 1 aliphatic heterocycles. The summed E-state index contributed by atoms with van der Waals surface area (Å²) in [7, 11) is -3.98. The van der Waals surface area contributed by atoms with Crippen LogP contribution >= 0.6 is 0 Å². The van der Waals surface area contributed by atoms with Gasteiger partial charge in [0.15, 0.2) is 0 Å². The van der Waals surface area contributed by atoms with Crippen molar-refractivity contribution >= 4 is 21.7 Å². The number of sulfonamides is 1. The number of hydrogen-bond donors (Lipinski definition) is 1. The Morgan fingerprint density at radius 3 is 2.21 bits per heavy atom. The normalized spacial score (nSPS) is 20.2. The van der Waals surface area contributed by atoms with Crippen LogP contribution in [0.4, 0.5) is 23.2 Å². The van der Waals surface area contributed by atoms with Crippen LogP contribution in [0.3, 0.4) is 0 Å². The summed E-state index contributed by atoms with van der Waals surface area (Å²) in [4.78, 5) is 12.7. The molecule has 0 bridgehead atoms. The average molecular weight is 489 g/mol.